The molecule has 25 heavy (non-hydrogen) atoms. The van der Waals surface area contributed by atoms with Crippen molar-refractivity contribution in [3.63, 3.8) is 0 Å². The normalized spacial score (nSPS) is 10.6. The van der Waals surface area contributed by atoms with Crippen LogP contribution in [0.1, 0.15) is 30.5 Å². The summed E-state index contributed by atoms with van der Waals surface area (Å²) in [6.07, 6.45) is 0. The second-order valence-corrected chi connectivity index (χ2v) is 5.97. The summed E-state index contributed by atoms with van der Waals surface area (Å²) in [5, 5.41) is 0. The van der Waals surface area contributed by atoms with Crippen molar-refractivity contribution < 1.29 is 4.90 Å². The van der Waals surface area contributed by atoms with E-state index in [0.717, 1.165) is 6.54 Å². The maximum atomic E-state index is 2.25. The summed E-state index contributed by atoms with van der Waals surface area (Å²) in [6, 6.07) is 29.6. The smallest absolute Gasteiger partial charge is 0.131 e. The van der Waals surface area contributed by atoms with Crippen LogP contribution in [0.15, 0.2) is 84.9 Å². The third kappa shape index (κ3) is 8.32. The first-order chi connectivity index (χ1) is 12.1. The van der Waals surface area contributed by atoms with E-state index in [1.54, 1.807) is 0 Å². The Morgan fingerprint density at radius 3 is 1.64 bits per heavy atom. The third-order valence-electron chi connectivity index (χ3n) is 3.76. The molecule has 1 nitrogen and oxygen atoms in total. The van der Waals surface area contributed by atoms with Crippen molar-refractivity contribution in [1.82, 2.24) is 0 Å². The second-order valence-electron chi connectivity index (χ2n) is 5.97. The highest BCUT2D eigenvalue weighted by Gasteiger charge is 2.06. The van der Waals surface area contributed by atoms with Gasteiger partial charge in [0.15, 0.2) is 0 Å². The van der Waals surface area contributed by atoms with Crippen molar-refractivity contribution in [3.05, 3.63) is 102 Å². The van der Waals surface area contributed by atoms with E-state index in [0.29, 0.717) is 0 Å². The van der Waals surface area contributed by atoms with Crippen LogP contribution in [0, 0.1) is 13.8 Å². The van der Waals surface area contributed by atoms with E-state index < -0.39 is 0 Å². The number of aryl methyl sites for hydroxylation is 2. The Labute approximate surface area is 154 Å². The number of benzene rings is 3. The van der Waals surface area contributed by atoms with E-state index >= 15 is 0 Å². The summed E-state index contributed by atoms with van der Waals surface area (Å²) in [5.74, 6) is 0. The Morgan fingerprint density at radius 1 is 0.640 bits per heavy atom. The van der Waals surface area contributed by atoms with Crippen molar-refractivity contribution in [3.8, 4) is 0 Å². The minimum Gasteiger partial charge on any atom is -0.301 e. The largest absolute Gasteiger partial charge is 0.301 e. The van der Waals surface area contributed by atoms with Gasteiger partial charge in [0.1, 0.15) is 12.2 Å². The van der Waals surface area contributed by atoms with Crippen LogP contribution in [-0.2, 0) is 6.54 Å². The van der Waals surface area contributed by atoms with Crippen LogP contribution >= 0.6 is 0 Å². The maximum absolute atomic E-state index is 2.25. The number of nitrogens with one attached hydrogen (secondary N) is 1. The summed E-state index contributed by atoms with van der Waals surface area (Å²) >= 11 is 0. The Balaban J connectivity index is 0.000000290. The van der Waals surface area contributed by atoms with E-state index in [-0.39, 0.29) is 0 Å². The lowest BCUT2D eigenvalue weighted by atomic mass is 10.2. The zero-order valence-corrected chi connectivity index (χ0v) is 16.3. The van der Waals surface area contributed by atoms with Gasteiger partial charge in [-0.15, -0.1) is 0 Å². The zero-order chi connectivity index (χ0) is 18.5. The summed E-state index contributed by atoms with van der Waals surface area (Å²) in [6.45, 7) is 9.25. The predicted octanol–water partition coefficient (Wildman–Crippen LogP) is 5.36. The van der Waals surface area contributed by atoms with Crippen LogP contribution in [0.25, 0.3) is 0 Å². The highest BCUT2D eigenvalue weighted by atomic mass is 15.1. The first-order valence-corrected chi connectivity index (χ1v) is 9.10. The molecule has 3 rings (SSSR count). The topological polar surface area (TPSA) is 4.44 Å². The van der Waals surface area contributed by atoms with Crippen LogP contribution in [0.3, 0.4) is 0 Å². The molecule has 132 valence electrons. The van der Waals surface area contributed by atoms with Crippen molar-refractivity contribution >= 4 is 5.69 Å². The molecule has 0 aliphatic heterocycles. The standard InChI is InChI=1S/C15H17N.C7H8.C2H6/c1-13-7-6-10-15(11-13)16(2)12-14-8-4-3-5-9-14;1-7-5-3-2-4-6-7;1-2/h3-11H,12H2,1-2H3;2-6H,1H3;1-2H3/p+1. The quantitative estimate of drug-likeness (QED) is 0.657. The molecule has 0 amide bonds. The highest BCUT2D eigenvalue weighted by Crippen LogP contribution is 2.05. The molecule has 1 N–H and O–H groups in total. The van der Waals surface area contributed by atoms with Crippen molar-refractivity contribution in [1.29, 1.82) is 0 Å². The van der Waals surface area contributed by atoms with E-state index in [9.17, 15) is 0 Å². The van der Waals surface area contributed by atoms with E-state index in [4.69, 9.17) is 0 Å². The monoisotopic (exact) mass is 334 g/mol. The fourth-order valence-corrected chi connectivity index (χ4v) is 2.45. The Bertz CT molecular complexity index is 690. The average molecular weight is 335 g/mol. The number of hydrogen-bond acceptors (Lipinski definition) is 0. The molecule has 0 fully saturated rings. The van der Waals surface area contributed by atoms with Gasteiger partial charge >= 0.3 is 0 Å². The van der Waals surface area contributed by atoms with Gasteiger partial charge < -0.3 is 4.90 Å². The molecule has 0 saturated heterocycles. The van der Waals surface area contributed by atoms with Gasteiger partial charge in [0.05, 0.1) is 7.05 Å². The second kappa shape index (κ2) is 12.0. The van der Waals surface area contributed by atoms with Gasteiger partial charge in [0.2, 0.25) is 0 Å². The average Bonchev–Trinajstić information content (AvgIpc) is 2.65. The van der Waals surface area contributed by atoms with Crippen molar-refractivity contribution in [2.75, 3.05) is 7.05 Å². The molecule has 0 heterocycles. The Morgan fingerprint density at radius 2 is 1.16 bits per heavy atom. The van der Waals surface area contributed by atoms with Crippen LogP contribution < -0.4 is 4.90 Å². The molecule has 0 saturated carbocycles. The SMILES string of the molecule is CC.Cc1cccc([NH+](C)Cc2ccccc2)c1.Cc1ccccc1. The first kappa shape index (κ1) is 20.7. The molecule has 0 aliphatic carbocycles. The molecule has 0 aliphatic rings. The van der Waals surface area contributed by atoms with E-state index in [2.05, 4.69) is 87.6 Å². The summed E-state index contributed by atoms with van der Waals surface area (Å²) < 4.78 is 0. The van der Waals surface area contributed by atoms with Gasteiger partial charge in [0.25, 0.3) is 0 Å². The van der Waals surface area contributed by atoms with Crippen molar-refractivity contribution in [2.24, 2.45) is 0 Å². The van der Waals surface area contributed by atoms with Crippen LogP contribution in [-0.4, -0.2) is 7.05 Å². The Kier molecular flexibility index (Phi) is 9.96. The highest BCUT2D eigenvalue weighted by molar-refractivity contribution is 5.33. The lowest BCUT2D eigenvalue weighted by Gasteiger charge is -2.13. The minimum absolute atomic E-state index is 1.03. The van der Waals surface area contributed by atoms with Crippen LogP contribution in [0.5, 0.6) is 0 Å². The fraction of sp³-hybridized carbons (Fsp3) is 0.250. The summed E-state index contributed by atoms with van der Waals surface area (Å²) in [5.41, 5.74) is 5.37. The molecule has 0 spiro atoms. The maximum Gasteiger partial charge on any atom is 0.131 e. The molecule has 3 aromatic carbocycles. The lowest BCUT2D eigenvalue weighted by Crippen LogP contribution is -3.02. The Hall–Kier alpha value is -2.38. The molecule has 0 aromatic heterocycles. The van der Waals surface area contributed by atoms with Crippen LogP contribution in [0.4, 0.5) is 5.69 Å². The first-order valence-electron chi connectivity index (χ1n) is 9.10. The minimum atomic E-state index is 1.03. The molecule has 0 bridgehead atoms. The number of rotatable bonds is 3. The molecule has 1 heteroatoms. The van der Waals surface area contributed by atoms with Crippen LogP contribution in [0.2, 0.25) is 0 Å². The van der Waals surface area contributed by atoms with Gasteiger partial charge in [-0.2, -0.15) is 0 Å². The van der Waals surface area contributed by atoms with Gasteiger partial charge in [-0.05, 0) is 25.5 Å². The van der Waals surface area contributed by atoms with Gasteiger partial charge in [0, 0.05) is 11.6 Å². The van der Waals surface area contributed by atoms with E-state index in [1.807, 2.05) is 32.0 Å². The van der Waals surface area contributed by atoms with E-state index in [1.165, 1.54) is 27.3 Å². The third-order valence-corrected chi connectivity index (χ3v) is 3.76. The molecular weight excluding hydrogens is 302 g/mol. The molecule has 3 aromatic rings. The zero-order valence-electron chi connectivity index (χ0n) is 16.3. The summed E-state index contributed by atoms with van der Waals surface area (Å²) in [7, 11) is 2.21. The van der Waals surface area contributed by atoms with Gasteiger partial charge in [-0.25, -0.2) is 0 Å². The summed E-state index contributed by atoms with van der Waals surface area (Å²) in [4.78, 5) is 1.43. The molecule has 1 atom stereocenters. The van der Waals surface area contributed by atoms with Gasteiger partial charge in [-0.3, -0.25) is 0 Å². The lowest BCUT2D eigenvalue weighted by molar-refractivity contribution is -0.825. The van der Waals surface area contributed by atoms with Crippen molar-refractivity contribution in [2.45, 2.75) is 34.2 Å². The number of quaternary nitrogens is 1. The molecular formula is C24H32N+. The molecule has 0 radical (unpaired) electrons. The fourth-order valence-electron chi connectivity index (χ4n) is 2.45. The van der Waals surface area contributed by atoms with Gasteiger partial charge in [-0.1, -0.05) is 92.2 Å². The molecule has 1 unspecified atom stereocenters. The predicted molar refractivity (Wildman–Crippen MR) is 110 cm³/mol. The number of hydrogen-bond donors (Lipinski definition) is 1.